The van der Waals surface area contributed by atoms with Gasteiger partial charge in [0.05, 0.1) is 12.1 Å². The van der Waals surface area contributed by atoms with Crippen LogP contribution in [0.4, 0.5) is 5.95 Å². The maximum Gasteiger partial charge on any atom is 0.255 e. The van der Waals surface area contributed by atoms with Crippen LogP contribution < -0.4 is 15.4 Å². The molecule has 0 fully saturated rings. The van der Waals surface area contributed by atoms with E-state index in [9.17, 15) is 4.79 Å². The number of aromatic nitrogens is 3. The fourth-order valence-corrected chi connectivity index (χ4v) is 2.89. The summed E-state index contributed by atoms with van der Waals surface area (Å²) in [6.45, 7) is 5.05. The highest BCUT2D eigenvalue weighted by molar-refractivity contribution is 5.99. The van der Waals surface area contributed by atoms with Crippen LogP contribution in [0.15, 0.2) is 30.6 Å². The van der Waals surface area contributed by atoms with Crippen molar-refractivity contribution in [2.24, 2.45) is 0 Å². The molecule has 0 saturated heterocycles. The number of hydrogen-bond acceptors (Lipinski definition) is 5. The number of carbonyl (C=O) groups is 1. The summed E-state index contributed by atoms with van der Waals surface area (Å²) in [5, 5.41) is 6.92. The van der Waals surface area contributed by atoms with Crippen LogP contribution in [0.5, 0.6) is 5.75 Å². The predicted molar refractivity (Wildman–Crippen MR) is 95.9 cm³/mol. The third-order valence-electron chi connectivity index (χ3n) is 4.03. The molecule has 0 radical (unpaired) electrons. The van der Waals surface area contributed by atoms with E-state index in [4.69, 9.17) is 4.74 Å². The second-order valence-corrected chi connectivity index (χ2v) is 6.27. The van der Waals surface area contributed by atoms with Crippen molar-refractivity contribution in [3.63, 3.8) is 0 Å². The van der Waals surface area contributed by atoms with Gasteiger partial charge in [0.15, 0.2) is 0 Å². The summed E-state index contributed by atoms with van der Waals surface area (Å²) in [7, 11) is 0. The van der Waals surface area contributed by atoms with Crippen molar-refractivity contribution in [3.05, 3.63) is 36.2 Å². The zero-order valence-electron chi connectivity index (χ0n) is 14.1. The third-order valence-corrected chi connectivity index (χ3v) is 4.03. The van der Waals surface area contributed by atoms with Crippen LogP contribution >= 0.6 is 0 Å². The number of carbonyl (C=O) groups excluding carboxylic acids is 1. The molecule has 25 heavy (non-hydrogen) atoms. The van der Waals surface area contributed by atoms with Crippen molar-refractivity contribution >= 4 is 22.9 Å². The zero-order valence-corrected chi connectivity index (χ0v) is 14.1. The average molecular weight is 337 g/mol. The molecule has 1 aromatic carbocycles. The average Bonchev–Trinajstić information content (AvgIpc) is 2.91. The Morgan fingerprint density at radius 2 is 2.16 bits per heavy atom. The molecule has 0 bridgehead atoms. The summed E-state index contributed by atoms with van der Waals surface area (Å²) in [6, 6.07) is 5.86. The first-order chi connectivity index (χ1) is 12.1. The number of fused-ring (bicyclic) bond motifs is 2. The molecule has 0 saturated carbocycles. The molecule has 3 heterocycles. The minimum atomic E-state index is -0.106. The molecule has 0 spiro atoms. The number of aromatic amines is 1. The maximum absolute atomic E-state index is 12.0. The lowest BCUT2D eigenvalue weighted by atomic mass is 10.0. The van der Waals surface area contributed by atoms with E-state index in [1.807, 2.05) is 32.2 Å². The van der Waals surface area contributed by atoms with E-state index in [0.717, 1.165) is 22.2 Å². The highest BCUT2D eigenvalue weighted by Crippen LogP contribution is 2.32. The lowest BCUT2D eigenvalue weighted by Gasteiger charge is -2.09. The smallest absolute Gasteiger partial charge is 0.255 e. The number of benzene rings is 1. The fraction of sp³-hybridized carbons (Fsp3) is 0.278. The summed E-state index contributed by atoms with van der Waals surface area (Å²) in [5.74, 6) is 1.09. The van der Waals surface area contributed by atoms with Gasteiger partial charge in [0.2, 0.25) is 5.95 Å². The number of nitrogens with one attached hydrogen (secondary N) is 3. The van der Waals surface area contributed by atoms with Gasteiger partial charge < -0.3 is 20.4 Å². The molecule has 4 rings (SSSR count). The van der Waals surface area contributed by atoms with Gasteiger partial charge in [-0.25, -0.2) is 4.98 Å². The molecule has 7 nitrogen and oxygen atoms in total. The highest BCUT2D eigenvalue weighted by Gasteiger charge is 2.18. The Kier molecular flexibility index (Phi) is 3.76. The van der Waals surface area contributed by atoms with Crippen LogP contribution in [0.2, 0.25) is 0 Å². The largest absolute Gasteiger partial charge is 0.491 e. The number of amides is 1. The van der Waals surface area contributed by atoms with E-state index >= 15 is 0 Å². The third kappa shape index (κ3) is 2.88. The van der Waals surface area contributed by atoms with Crippen molar-refractivity contribution < 1.29 is 9.53 Å². The Morgan fingerprint density at radius 3 is 3.00 bits per heavy atom. The van der Waals surface area contributed by atoms with Crippen molar-refractivity contribution in [3.8, 4) is 16.9 Å². The minimum absolute atomic E-state index is 0.106. The SMILES string of the molecule is CC(C)Nc1ncc2c(-c3ccc4c(c3)OCCNC4=O)c[nH]c2n1. The number of hydrogen-bond donors (Lipinski definition) is 3. The van der Waals surface area contributed by atoms with Crippen LogP contribution in [0.3, 0.4) is 0 Å². The molecule has 7 heteroatoms. The number of nitrogens with zero attached hydrogens (tertiary/aromatic N) is 2. The van der Waals surface area contributed by atoms with Crippen molar-refractivity contribution in [2.45, 2.75) is 19.9 Å². The van der Waals surface area contributed by atoms with E-state index < -0.39 is 0 Å². The van der Waals surface area contributed by atoms with Gasteiger partial charge in [-0.05, 0) is 31.5 Å². The van der Waals surface area contributed by atoms with Crippen LogP contribution in [0.25, 0.3) is 22.2 Å². The second-order valence-electron chi connectivity index (χ2n) is 6.27. The lowest BCUT2D eigenvalue weighted by Crippen LogP contribution is -2.24. The van der Waals surface area contributed by atoms with Gasteiger partial charge in [0.25, 0.3) is 5.91 Å². The van der Waals surface area contributed by atoms with Gasteiger partial charge in [0.1, 0.15) is 18.0 Å². The van der Waals surface area contributed by atoms with E-state index in [1.165, 1.54) is 0 Å². The summed E-state index contributed by atoms with van der Waals surface area (Å²) < 4.78 is 5.70. The van der Waals surface area contributed by atoms with Crippen LogP contribution in [0, 0.1) is 0 Å². The lowest BCUT2D eigenvalue weighted by molar-refractivity contribution is 0.0957. The molecule has 1 aliphatic heterocycles. The van der Waals surface area contributed by atoms with Gasteiger partial charge in [-0.1, -0.05) is 6.07 Å². The van der Waals surface area contributed by atoms with Gasteiger partial charge in [-0.3, -0.25) is 4.79 Å². The maximum atomic E-state index is 12.0. The Hall–Kier alpha value is -3.09. The van der Waals surface area contributed by atoms with Crippen molar-refractivity contribution in [1.82, 2.24) is 20.3 Å². The molecule has 3 aromatic rings. The Bertz CT molecular complexity index is 948. The number of anilines is 1. The Labute approximate surface area is 144 Å². The van der Waals surface area contributed by atoms with E-state index in [0.29, 0.717) is 30.4 Å². The first-order valence-electron chi connectivity index (χ1n) is 8.28. The second kappa shape index (κ2) is 6.08. The van der Waals surface area contributed by atoms with Gasteiger partial charge in [-0.2, -0.15) is 4.98 Å². The molecule has 1 amide bonds. The first kappa shape index (κ1) is 15.4. The molecule has 2 aromatic heterocycles. The molecule has 0 aliphatic carbocycles. The fourth-order valence-electron chi connectivity index (χ4n) is 2.89. The van der Waals surface area contributed by atoms with Crippen LogP contribution in [0.1, 0.15) is 24.2 Å². The zero-order chi connectivity index (χ0) is 17.4. The molecule has 128 valence electrons. The predicted octanol–water partition coefficient (Wildman–Crippen LogP) is 2.57. The van der Waals surface area contributed by atoms with E-state index in [2.05, 4.69) is 25.6 Å². The minimum Gasteiger partial charge on any atom is -0.491 e. The number of rotatable bonds is 3. The molecule has 0 atom stereocenters. The van der Waals surface area contributed by atoms with Crippen molar-refractivity contribution in [1.29, 1.82) is 0 Å². The van der Waals surface area contributed by atoms with E-state index in [1.54, 1.807) is 12.3 Å². The number of ether oxygens (including phenoxy) is 1. The molecule has 3 N–H and O–H groups in total. The van der Waals surface area contributed by atoms with Crippen LogP contribution in [-0.2, 0) is 0 Å². The van der Waals surface area contributed by atoms with E-state index in [-0.39, 0.29) is 11.9 Å². The molecule has 0 unspecified atom stereocenters. The highest BCUT2D eigenvalue weighted by atomic mass is 16.5. The topological polar surface area (TPSA) is 91.9 Å². The Morgan fingerprint density at radius 1 is 1.28 bits per heavy atom. The van der Waals surface area contributed by atoms with Gasteiger partial charge in [0, 0.05) is 29.4 Å². The standard InChI is InChI=1S/C18H19N5O2/c1-10(2)22-18-21-9-14-13(8-20-16(14)23-18)11-3-4-12-15(7-11)25-6-5-19-17(12)24/h3-4,7-10H,5-6H2,1-2H3,(H,19,24)(H2,20,21,22,23). The summed E-state index contributed by atoms with van der Waals surface area (Å²) in [5.41, 5.74) is 3.25. The summed E-state index contributed by atoms with van der Waals surface area (Å²) in [4.78, 5) is 24.1. The molecular formula is C18H19N5O2. The summed E-state index contributed by atoms with van der Waals surface area (Å²) >= 11 is 0. The van der Waals surface area contributed by atoms with Gasteiger partial charge in [-0.15, -0.1) is 0 Å². The quantitative estimate of drug-likeness (QED) is 0.683. The number of H-pyrrole nitrogens is 1. The first-order valence-corrected chi connectivity index (χ1v) is 8.28. The Balaban J connectivity index is 1.75. The normalized spacial score (nSPS) is 14.0. The monoisotopic (exact) mass is 337 g/mol. The summed E-state index contributed by atoms with van der Waals surface area (Å²) in [6.07, 6.45) is 3.70. The molecule has 1 aliphatic rings. The molecular weight excluding hydrogens is 318 g/mol. The van der Waals surface area contributed by atoms with Gasteiger partial charge >= 0.3 is 0 Å². The van der Waals surface area contributed by atoms with Crippen molar-refractivity contribution in [2.75, 3.05) is 18.5 Å². The van der Waals surface area contributed by atoms with Crippen LogP contribution in [-0.4, -0.2) is 40.1 Å².